The van der Waals surface area contributed by atoms with Crippen molar-refractivity contribution in [2.24, 2.45) is 5.11 Å². The molecule has 0 aliphatic carbocycles. The third kappa shape index (κ3) is 2.41. The zero-order valence-corrected chi connectivity index (χ0v) is 8.92. The van der Waals surface area contributed by atoms with E-state index >= 15 is 0 Å². The lowest BCUT2D eigenvalue weighted by molar-refractivity contribution is -0.204. The number of rotatable bonds is 3. The molecule has 15 heavy (non-hydrogen) atoms. The van der Waals surface area contributed by atoms with Crippen molar-refractivity contribution in [1.29, 1.82) is 0 Å². The van der Waals surface area contributed by atoms with Gasteiger partial charge in [-0.25, -0.2) is 0 Å². The van der Waals surface area contributed by atoms with Crippen molar-refractivity contribution in [3.05, 3.63) is 10.4 Å². The molecule has 2 fully saturated rings. The number of hydrogen-bond donors (Lipinski definition) is 0. The molecule has 2 heterocycles. The summed E-state index contributed by atoms with van der Waals surface area (Å²) in [6.45, 7) is 4.22. The van der Waals surface area contributed by atoms with Gasteiger partial charge in [0.1, 0.15) is 6.10 Å². The summed E-state index contributed by atoms with van der Waals surface area (Å²) < 4.78 is 16.9. The molecule has 0 unspecified atom stereocenters. The minimum atomic E-state index is -0.537. The number of azide groups is 1. The van der Waals surface area contributed by atoms with Gasteiger partial charge < -0.3 is 14.2 Å². The van der Waals surface area contributed by atoms with E-state index in [0.29, 0.717) is 6.54 Å². The Morgan fingerprint density at radius 2 is 2.27 bits per heavy atom. The second-order valence-electron chi connectivity index (χ2n) is 4.28. The first-order valence-corrected chi connectivity index (χ1v) is 5.13. The molecule has 0 spiro atoms. The first-order chi connectivity index (χ1) is 7.11. The van der Waals surface area contributed by atoms with Crippen LogP contribution in [0.15, 0.2) is 5.11 Å². The Morgan fingerprint density at radius 1 is 1.47 bits per heavy atom. The van der Waals surface area contributed by atoms with Gasteiger partial charge in [0.15, 0.2) is 12.1 Å². The Hall–Kier alpha value is -0.810. The molecule has 0 amide bonds. The molecule has 0 radical (unpaired) electrons. The van der Waals surface area contributed by atoms with Gasteiger partial charge in [-0.05, 0) is 25.8 Å². The second kappa shape index (κ2) is 3.98. The van der Waals surface area contributed by atoms with E-state index in [2.05, 4.69) is 10.0 Å². The quantitative estimate of drug-likeness (QED) is 0.408. The summed E-state index contributed by atoms with van der Waals surface area (Å²) in [6.07, 6.45) is 1.40. The minimum absolute atomic E-state index is 0.0241. The standard InChI is InChI=1S/C9H15N3O3/c1-9(2)14-7-5-6(3-4-11-12-10)13-8(7)15-9/h6-8H,3-5H2,1-2H3/t6-,7-,8-/m1/s1. The highest BCUT2D eigenvalue weighted by Crippen LogP contribution is 2.37. The lowest BCUT2D eigenvalue weighted by Gasteiger charge is -2.20. The zero-order valence-electron chi connectivity index (χ0n) is 8.92. The Labute approximate surface area is 88.1 Å². The first-order valence-electron chi connectivity index (χ1n) is 5.13. The Bertz CT molecular complexity index is 272. The number of nitrogens with zero attached hydrogens (tertiary/aromatic N) is 3. The predicted octanol–water partition coefficient (Wildman–Crippen LogP) is 1.95. The lowest BCUT2D eigenvalue weighted by atomic mass is 10.1. The summed E-state index contributed by atoms with van der Waals surface area (Å²) in [4.78, 5) is 2.70. The van der Waals surface area contributed by atoms with E-state index in [0.717, 1.165) is 12.8 Å². The molecule has 6 nitrogen and oxygen atoms in total. The molecular weight excluding hydrogens is 198 g/mol. The number of ether oxygens (including phenoxy) is 3. The molecule has 0 aromatic rings. The summed E-state index contributed by atoms with van der Waals surface area (Å²) >= 11 is 0. The molecule has 0 aromatic carbocycles. The molecule has 0 bridgehead atoms. The van der Waals surface area contributed by atoms with Crippen molar-refractivity contribution in [2.45, 2.75) is 51.0 Å². The van der Waals surface area contributed by atoms with Gasteiger partial charge in [0.2, 0.25) is 0 Å². The third-order valence-corrected chi connectivity index (χ3v) is 2.57. The van der Waals surface area contributed by atoms with E-state index in [1.54, 1.807) is 0 Å². The molecule has 2 aliphatic heterocycles. The number of hydrogen-bond acceptors (Lipinski definition) is 4. The Balaban J connectivity index is 1.81. The minimum Gasteiger partial charge on any atom is -0.346 e. The van der Waals surface area contributed by atoms with Gasteiger partial charge in [0.25, 0.3) is 0 Å². The van der Waals surface area contributed by atoms with E-state index < -0.39 is 5.79 Å². The molecule has 0 N–H and O–H groups in total. The highest BCUT2D eigenvalue weighted by atomic mass is 16.8. The van der Waals surface area contributed by atoms with E-state index in [1.807, 2.05) is 13.8 Å². The number of fused-ring (bicyclic) bond motifs is 1. The maximum atomic E-state index is 8.14. The fourth-order valence-electron chi connectivity index (χ4n) is 2.01. The van der Waals surface area contributed by atoms with Crippen LogP contribution in [0.25, 0.3) is 10.4 Å². The van der Waals surface area contributed by atoms with Gasteiger partial charge >= 0.3 is 0 Å². The molecule has 84 valence electrons. The summed E-state index contributed by atoms with van der Waals surface area (Å²) in [6, 6.07) is 0. The van der Waals surface area contributed by atoms with Crippen LogP contribution in [0.1, 0.15) is 26.7 Å². The molecule has 2 rings (SSSR count). The fourth-order valence-corrected chi connectivity index (χ4v) is 2.01. The molecule has 6 heteroatoms. The molecule has 2 aliphatic rings. The van der Waals surface area contributed by atoms with E-state index in [9.17, 15) is 0 Å². The smallest absolute Gasteiger partial charge is 0.187 e. The van der Waals surface area contributed by atoms with Gasteiger partial charge in [-0.1, -0.05) is 5.11 Å². The van der Waals surface area contributed by atoms with Crippen LogP contribution >= 0.6 is 0 Å². The predicted molar refractivity (Wildman–Crippen MR) is 51.9 cm³/mol. The average molecular weight is 213 g/mol. The van der Waals surface area contributed by atoms with Gasteiger partial charge in [0, 0.05) is 17.9 Å². The van der Waals surface area contributed by atoms with Gasteiger partial charge in [-0.3, -0.25) is 0 Å². The van der Waals surface area contributed by atoms with Crippen molar-refractivity contribution in [3.63, 3.8) is 0 Å². The van der Waals surface area contributed by atoms with E-state index in [1.165, 1.54) is 0 Å². The summed E-state index contributed by atoms with van der Waals surface area (Å²) in [5.41, 5.74) is 8.14. The van der Waals surface area contributed by atoms with Crippen molar-refractivity contribution in [3.8, 4) is 0 Å². The van der Waals surface area contributed by atoms with E-state index in [4.69, 9.17) is 19.7 Å². The Morgan fingerprint density at radius 3 is 2.93 bits per heavy atom. The molecule has 0 aromatic heterocycles. The summed E-state index contributed by atoms with van der Waals surface area (Å²) in [5, 5.41) is 3.48. The highest BCUT2D eigenvalue weighted by molar-refractivity contribution is 4.85. The molecule has 3 atom stereocenters. The summed E-state index contributed by atoms with van der Waals surface area (Å²) in [7, 11) is 0. The zero-order chi connectivity index (χ0) is 10.9. The summed E-state index contributed by atoms with van der Waals surface area (Å²) in [5.74, 6) is -0.537. The van der Waals surface area contributed by atoms with Crippen molar-refractivity contribution in [2.75, 3.05) is 6.54 Å². The van der Waals surface area contributed by atoms with Crippen LogP contribution in [0.4, 0.5) is 0 Å². The van der Waals surface area contributed by atoms with Crippen LogP contribution in [-0.2, 0) is 14.2 Å². The van der Waals surface area contributed by atoms with Crippen LogP contribution in [0.5, 0.6) is 0 Å². The third-order valence-electron chi connectivity index (χ3n) is 2.57. The maximum Gasteiger partial charge on any atom is 0.187 e. The monoisotopic (exact) mass is 213 g/mol. The Kier molecular flexibility index (Phi) is 2.84. The van der Waals surface area contributed by atoms with Crippen molar-refractivity contribution >= 4 is 0 Å². The topological polar surface area (TPSA) is 76.5 Å². The SMILES string of the molecule is CC1(C)O[C@H]2O[C@H](CCN=[N+]=[N-])C[C@H]2O1. The van der Waals surface area contributed by atoms with Crippen LogP contribution < -0.4 is 0 Å². The largest absolute Gasteiger partial charge is 0.346 e. The molecule has 0 saturated carbocycles. The molecular formula is C9H15N3O3. The lowest BCUT2D eigenvalue weighted by Crippen LogP contribution is -2.24. The van der Waals surface area contributed by atoms with Crippen LogP contribution in [0, 0.1) is 0 Å². The van der Waals surface area contributed by atoms with E-state index in [-0.39, 0.29) is 18.5 Å². The van der Waals surface area contributed by atoms with Gasteiger partial charge in [-0.2, -0.15) is 0 Å². The van der Waals surface area contributed by atoms with Crippen LogP contribution in [0.2, 0.25) is 0 Å². The van der Waals surface area contributed by atoms with Crippen molar-refractivity contribution < 1.29 is 14.2 Å². The van der Waals surface area contributed by atoms with Crippen LogP contribution in [-0.4, -0.2) is 30.8 Å². The average Bonchev–Trinajstić information content (AvgIpc) is 2.58. The van der Waals surface area contributed by atoms with Crippen molar-refractivity contribution in [1.82, 2.24) is 0 Å². The highest BCUT2D eigenvalue weighted by Gasteiger charge is 2.48. The second-order valence-corrected chi connectivity index (χ2v) is 4.28. The first kappa shape index (κ1) is 10.7. The fraction of sp³-hybridized carbons (Fsp3) is 1.00. The maximum absolute atomic E-state index is 8.14. The van der Waals surface area contributed by atoms with Gasteiger partial charge in [0.05, 0.1) is 6.10 Å². The van der Waals surface area contributed by atoms with Crippen LogP contribution in [0.3, 0.4) is 0 Å². The molecule has 2 saturated heterocycles. The normalized spacial score (nSPS) is 37.3. The van der Waals surface area contributed by atoms with Gasteiger partial charge in [-0.15, -0.1) is 0 Å².